The van der Waals surface area contributed by atoms with Crippen LogP contribution in [0.2, 0.25) is 0 Å². The van der Waals surface area contributed by atoms with Crippen LogP contribution in [-0.2, 0) is 0 Å². The van der Waals surface area contributed by atoms with E-state index in [4.69, 9.17) is 0 Å². The van der Waals surface area contributed by atoms with Gasteiger partial charge in [0.1, 0.15) is 0 Å². The first-order valence-electron chi connectivity index (χ1n) is 30.6. The summed E-state index contributed by atoms with van der Waals surface area (Å²) >= 11 is 0. The van der Waals surface area contributed by atoms with E-state index in [-0.39, 0.29) is 0 Å². The van der Waals surface area contributed by atoms with Crippen molar-refractivity contribution in [1.82, 2.24) is 0 Å². The molecule has 0 amide bonds. The molecule has 0 radical (unpaired) electrons. The van der Waals surface area contributed by atoms with Gasteiger partial charge >= 0.3 is 0 Å². The number of aryl methyl sites for hydroxylation is 4. The lowest BCUT2D eigenvalue weighted by atomic mass is 9.78. The minimum Gasteiger partial charge on any atom is -0.0617 e. The third-order valence-electron chi connectivity index (χ3n) is 18.6. The molecule has 0 aliphatic heterocycles. The Morgan fingerprint density at radius 3 is 0.756 bits per heavy atom. The van der Waals surface area contributed by atoms with Gasteiger partial charge in [-0.15, -0.1) is 0 Å². The monoisotopic (exact) mass is 1070 g/mol. The largest absolute Gasteiger partial charge is 0.0617 e. The fourth-order valence-electron chi connectivity index (χ4n) is 14.2. The molecule has 82 heavy (non-hydrogen) atoms. The van der Waals surface area contributed by atoms with Gasteiger partial charge in [-0.2, -0.15) is 0 Å². The van der Waals surface area contributed by atoms with Crippen LogP contribution in [0.3, 0.4) is 0 Å². The van der Waals surface area contributed by atoms with Gasteiger partial charge in [-0.1, -0.05) is 217 Å². The number of hydrogen-bond donors (Lipinski definition) is 0. The molecule has 0 aliphatic rings. The van der Waals surface area contributed by atoms with Gasteiger partial charge in [0.15, 0.2) is 0 Å². The summed E-state index contributed by atoms with van der Waals surface area (Å²) in [6.07, 6.45) is 0. The first-order valence-corrected chi connectivity index (χ1v) is 30.6. The molecule has 0 unspecified atom stereocenters. The Hall–Kier alpha value is -7.80. The molecule has 0 nitrogen and oxygen atoms in total. The molecule has 0 atom stereocenters. The molecular formula is C82H82. The Morgan fingerprint density at radius 1 is 0.207 bits per heavy atom. The average molecular weight is 1070 g/mol. The fourth-order valence-corrected chi connectivity index (χ4v) is 14.2. The highest BCUT2D eigenvalue weighted by molar-refractivity contribution is 6.27. The van der Waals surface area contributed by atoms with Crippen molar-refractivity contribution in [1.29, 1.82) is 0 Å². The van der Waals surface area contributed by atoms with Crippen LogP contribution in [0.5, 0.6) is 0 Å². The highest BCUT2D eigenvalue weighted by atomic mass is 14.3. The van der Waals surface area contributed by atoms with Crippen molar-refractivity contribution < 1.29 is 0 Å². The predicted octanol–water partition coefficient (Wildman–Crippen LogP) is 24.9. The predicted molar refractivity (Wildman–Crippen MR) is 362 cm³/mol. The molecule has 0 bridgehead atoms. The summed E-state index contributed by atoms with van der Waals surface area (Å²) in [5.74, 6) is 2.22. The summed E-state index contributed by atoms with van der Waals surface area (Å²) in [6, 6.07) is 67.1. The maximum atomic E-state index is 2.61. The number of fused-ring (bicyclic) bond motifs is 10. The third-order valence-corrected chi connectivity index (χ3v) is 18.6. The zero-order valence-electron chi connectivity index (χ0n) is 51.6. The molecule has 12 aromatic carbocycles. The Bertz CT molecular complexity index is 4450. The second-order valence-electron chi connectivity index (χ2n) is 26.1. The van der Waals surface area contributed by atoms with E-state index in [1.807, 2.05) is 0 Å². The van der Waals surface area contributed by atoms with Crippen molar-refractivity contribution >= 4 is 64.6 Å². The van der Waals surface area contributed by atoms with E-state index in [1.165, 1.54) is 176 Å². The molecule has 0 heteroatoms. The van der Waals surface area contributed by atoms with Gasteiger partial charge in [0.2, 0.25) is 0 Å². The highest BCUT2D eigenvalue weighted by Crippen LogP contribution is 2.51. The number of rotatable bonds is 11. The Labute approximate surface area is 489 Å². The van der Waals surface area contributed by atoms with Gasteiger partial charge < -0.3 is 0 Å². The molecule has 0 N–H and O–H groups in total. The van der Waals surface area contributed by atoms with Gasteiger partial charge in [0, 0.05) is 0 Å². The Morgan fingerprint density at radius 2 is 0.463 bits per heavy atom. The van der Waals surface area contributed by atoms with Gasteiger partial charge in [-0.25, -0.2) is 0 Å². The van der Waals surface area contributed by atoms with E-state index in [2.05, 4.69) is 281 Å². The standard InChI is InChI=1S/C82H82/c1-45(2)57-37-65(47(5)6)81(66(38-57)48(7)8)77-44-74-70-36-56(32-34-64(70)78(42-72(74)60-28-18-20-30-62(60)77)82-67(49(9)10)39-58(46(3)4)40-68(82)50(11)12)55-31-33-63-69(35-55)73-43-75(79-51(13)23-21-24-52(79)14)61-29-19-17-27-59(61)71(73)41-76(63)80-53(15)25-22-26-54(80)16/h17-50H,1-16H3. The van der Waals surface area contributed by atoms with E-state index >= 15 is 0 Å². The molecule has 0 saturated heterocycles. The van der Waals surface area contributed by atoms with Crippen LogP contribution in [0.15, 0.2) is 170 Å². The highest BCUT2D eigenvalue weighted by Gasteiger charge is 2.26. The topological polar surface area (TPSA) is 0 Å². The molecule has 0 saturated carbocycles. The first-order chi connectivity index (χ1) is 39.3. The van der Waals surface area contributed by atoms with E-state index in [0.717, 1.165) is 0 Å². The van der Waals surface area contributed by atoms with Gasteiger partial charge in [0.05, 0.1) is 0 Å². The van der Waals surface area contributed by atoms with E-state index in [9.17, 15) is 0 Å². The number of benzene rings is 12. The molecule has 0 aromatic heterocycles. The lowest BCUT2D eigenvalue weighted by Crippen LogP contribution is -2.05. The van der Waals surface area contributed by atoms with Crippen LogP contribution in [-0.4, -0.2) is 0 Å². The third kappa shape index (κ3) is 9.13. The van der Waals surface area contributed by atoms with Crippen molar-refractivity contribution in [2.45, 2.75) is 146 Å². The van der Waals surface area contributed by atoms with E-state index in [1.54, 1.807) is 0 Å². The second-order valence-corrected chi connectivity index (χ2v) is 26.1. The zero-order valence-corrected chi connectivity index (χ0v) is 51.6. The summed E-state index contributed by atoms with van der Waals surface area (Å²) < 4.78 is 0. The van der Waals surface area contributed by atoms with Crippen LogP contribution in [0.1, 0.15) is 174 Å². The maximum absolute atomic E-state index is 2.61. The molecule has 0 heterocycles. The summed E-state index contributed by atoms with van der Waals surface area (Å²) in [5.41, 5.74) is 26.9. The van der Waals surface area contributed by atoms with Crippen LogP contribution < -0.4 is 0 Å². The summed E-state index contributed by atoms with van der Waals surface area (Å²) in [7, 11) is 0. The summed E-state index contributed by atoms with van der Waals surface area (Å²) in [4.78, 5) is 0. The number of hydrogen-bond acceptors (Lipinski definition) is 0. The van der Waals surface area contributed by atoms with E-state index in [0.29, 0.717) is 35.5 Å². The van der Waals surface area contributed by atoms with Crippen molar-refractivity contribution in [2.24, 2.45) is 0 Å². The summed E-state index contributed by atoms with van der Waals surface area (Å²) in [6.45, 7) is 37.6. The van der Waals surface area contributed by atoms with Crippen molar-refractivity contribution in [3.05, 3.63) is 225 Å². The van der Waals surface area contributed by atoms with Gasteiger partial charge in [0.25, 0.3) is 0 Å². The fraction of sp³-hybridized carbons (Fsp3) is 0.268. The smallest absolute Gasteiger partial charge is 0.00921 e. The van der Waals surface area contributed by atoms with Crippen LogP contribution in [0.4, 0.5) is 0 Å². The average Bonchev–Trinajstić information content (AvgIpc) is 3.17. The SMILES string of the molecule is Cc1cccc(C)c1-c1cc2c3cc(-c4ccc5c(-c6c(C(C)C)cc(C(C)C)cc6C(C)C)cc6c7ccccc7c(-c7c(C(C)C)cc(C(C)C)cc7C(C)C)cc6c5c4)ccc3c(-c3c(C)cccc3C)cc2c2ccccc12. The van der Waals surface area contributed by atoms with Gasteiger partial charge in [-0.05, 0) is 276 Å². The molecule has 0 fully saturated rings. The van der Waals surface area contributed by atoms with Gasteiger partial charge in [-0.3, -0.25) is 0 Å². The van der Waals surface area contributed by atoms with Crippen molar-refractivity contribution in [3.63, 3.8) is 0 Å². The first kappa shape index (κ1) is 54.8. The molecular weight excluding hydrogens is 985 g/mol. The van der Waals surface area contributed by atoms with Crippen molar-refractivity contribution in [2.75, 3.05) is 0 Å². The van der Waals surface area contributed by atoms with Crippen LogP contribution in [0.25, 0.3) is 120 Å². The maximum Gasteiger partial charge on any atom is -0.00921 e. The lowest BCUT2D eigenvalue weighted by molar-refractivity contribution is 0.807. The normalized spacial score (nSPS) is 12.3. The lowest BCUT2D eigenvalue weighted by Gasteiger charge is -2.26. The molecule has 410 valence electrons. The minimum absolute atomic E-state index is 0.334. The minimum atomic E-state index is 0.334. The molecule has 12 aromatic rings. The Balaban J connectivity index is 1.23. The molecule has 0 spiro atoms. The second kappa shape index (κ2) is 21.2. The Kier molecular flexibility index (Phi) is 14.2. The van der Waals surface area contributed by atoms with Crippen molar-refractivity contribution in [3.8, 4) is 55.6 Å². The van der Waals surface area contributed by atoms with E-state index < -0.39 is 0 Å². The quantitative estimate of drug-likeness (QED) is 0.113. The van der Waals surface area contributed by atoms with Crippen LogP contribution in [0, 0.1) is 27.7 Å². The zero-order chi connectivity index (χ0) is 57.7. The van der Waals surface area contributed by atoms with Crippen LogP contribution >= 0.6 is 0 Å². The molecule has 0 aliphatic carbocycles. The summed E-state index contributed by atoms with van der Waals surface area (Å²) in [5, 5.41) is 15.5. The molecule has 12 rings (SSSR count).